The van der Waals surface area contributed by atoms with Crippen molar-refractivity contribution < 1.29 is 0 Å². The second kappa shape index (κ2) is 8.46. The van der Waals surface area contributed by atoms with Crippen LogP contribution in [0.3, 0.4) is 0 Å². The monoisotopic (exact) mass is 322 g/mol. The summed E-state index contributed by atoms with van der Waals surface area (Å²) in [5, 5.41) is 0. The molecule has 2 heteroatoms. The fraction of sp³-hybridized carbons (Fsp3) is 0.455. The highest BCUT2D eigenvalue weighted by Crippen LogP contribution is 2.33. The first-order chi connectivity index (χ1) is 11.7. The second-order valence-corrected chi connectivity index (χ2v) is 7.13. The Hall–Kier alpha value is -1.64. The number of aryl methyl sites for hydroxylation is 1. The molecule has 0 spiro atoms. The van der Waals surface area contributed by atoms with Gasteiger partial charge in [-0.1, -0.05) is 54.6 Å². The van der Waals surface area contributed by atoms with Crippen LogP contribution >= 0.6 is 0 Å². The van der Waals surface area contributed by atoms with Crippen molar-refractivity contribution in [3.8, 4) is 0 Å². The summed E-state index contributed by atoms with van der Waals surface area (Å²) in [5.74, 6) is 0. The van der Waals surface area contributed by atoms with Crippen LogP contribution in [-0.4, -0.2) is 43.5 Å². The molecule has 0 radical (unpaired) electrons. The number of hydrogen-bond donors (Lipinski definition) is 0. The van der Waals surface area contributed by atoms with Crippen molar-refractivity contribution in [3.63, 3.8) is 0 Å². The average molecular weight is 322 g/mol. The van der Waals surface area contributed by atoms with Crippen LogP contribution < -0.4 is 0 Å². The van der Waals surface area contributed by atoms with E-state index in [9.17, 15) is 0 Å². The van der Waals surface area contributed by atoms with Crippen molar-refractivity contribution in [1.29, 1.82) is 0 Å². The molecule has 0 unspecified atom stereocenters. The normalized spacial score (nSPS) is 17.2. The van der Waals surface area contributed by atoms with Crippen LogP contribution in [0.4, 0.5) is 0 Å². The van der Waals surface area contributed by atoms with Gasteiger partial charge in [0.2, 0.25) is 0 Å². The fourth-order valence-electron chi connectivity index (χ4n) is 3.75. The summed E-state index contributed by atoms with van der Waals surface area (Å²) in [7, 11) is 4.53. The quantitative estimate of drug-likeness (QED) is 0.755. The van der Waals surface area contributed by atoms with Crippen molar-refractivity contribution in [1.82, 2.24) is 9.80 Å². The largest absolute Gasteiger partial charge is 0.305 e. The van der Waals surface area contributed by atoms with Gasteiger partial charge in [-0.3, -0.25) is 4.90 Å². The molecule has 0 saturated carbocycles. The van der Waals surface area contributed by atoms with Gasteiger partial charge in [0.15, 0.2) is 0 Å². The van der Waals surface area contributed by atoms with E-state index < -0.39 is 0 Å². The fourth-order valence-corrected chi connectivity index (χ4v) is 3.75. The molecule has 0 aliphatic heterocycles. The molecule has 2 aromatic carbocycles. The second-order valence-electron chi connectivity index (χ2n) is 7.13. The smallest absolute Gasteiger partial charge is 0.0348 e. The number of benzene rings is 2. The molecular weight excluding hydrogens is 292 g/mol. The first kappa shape index (κ1) is 17.2. The zero-order chi connectivity index (χ0) is 16.8. The molecule has 2 aromatic rings. The van der Waals surface area contributed by atoms with Crippen molar-refractivity contribution in [2.45, 2.75) is 31.7 Å². The minimum atomic E-state index is 0.595. The lowest BCUT2D eigenvalue weighted by Crippen LogP contribution is -2.35. The van der Waals surface area contributed by atoms with E-state index in [0.29, 0.717) is 6.04 Å². The SMILES string of the molecule is CN(CCc1ccccc1)CCN(C)[C@H]1CCCc2ccccc21. The molecule has 128 valence electrons. The number of fused-ring (bicyclic) bond motifs is 1. The summed E-state index contributed by atoms with van der Waals surface area (Å²) in [6.45, 7) is 3.38. The molecule has 1 aliphatic rings. The first-order valence-corrected chi connectivity index (χ1v) is 9.24. The third kappa shape index (κ3) is 4.46. The van der Waals surface area contributed by atoms with Gasteiger partial charge in [0.1, 0.15) is 0 Å². The van der Waals surface area contributed by atoms with Gasteiger partial charge in [0.05, 0.1) is 0 Å². The van der Waals surface area contributed by atoms with E-state index in [1.54, 1.807) is 11.1 Å². The zero-order valence-electron chi connectivity index (χ0n) is 15.1. The molecule has 3 rings (SSSR count). The minimum Gasteiger partial charge on any atom is -0.305 e. The minimum absolute atomic E-state index is 0.595. The van der Waals surface area contributed by atoms with Crippen LogP contribution in [0.25, 0.3) is 0 Å². The summed E-state index contributed by atoms with van der Waals surface area (Å²) in [6.07, 6.45) is 4.99. The zero-order valence-corrected chi connectivity index (χ0v) is 15.1. The Morgan fingerprint density at radius 2 is 1.62 bits per heavy atom. The van der Waals surface area contributed by atoms with E-state index in [2.05, 4.69) is 78.5 Å². The van der Waals surface area contributed by atoms with E-state index in [1.165, 1.54) is 24.8 Å². The van der Waals surface area contributed by atoms with E-state index in [-0.39, 0.29) is 0 Å². The van der Waals surface area contributed by atoms with Crippen LogP contribution in [0.1, 0.15) is 35.6 Å². The van der Waals surface area contributed by atoms with Gasteiger partial charge in [0, 0.05) is 25.7 Å². The Kier molecular flexibility index (Phi) is 6.06. The van der Waals surface area contributed by atoms with Crippen LogP contribution in [0.15, 0.2) is 54.6 Å². The van der Waals surface area contributed by atoms with Gasteiger partial charge >= 0.3 is 0 Å². The Bertz CT molecular complexity index is 623. The Morgan fingerprint density at radius 3 is 2.46 bits per heavy atom. The maximum atomic E-state index is 2.55. The van der Waals surface area contributed by atoms with Crippen LogP contribution in [0.5, 0.6) is 0 Å². The van der Waals surface area contributed by atoms with E-state index >= 15 is 0 Å². The maximum Gasteiger partial charge on any atom is 0.0348 e. The van der Waals surface area contributed by atoms with Crippen LogP contribution in [0.2, 0.25) is 0 Å². The predicted octanol–water partition coefficient (Wildman–Crippen LogP) is 4.17. The van der Waals surface area contributed by atoms with Crippen LogP contribution in [-0.2, 0) is 12.8 Å². The molecule has 24 heavy (non-hydrogen) atoms. The van der Waals surface area contributed by atoms with E-state index in [1.807, 2.05) is 0 Å². The Balaban J connectivity index is 1.48. The first-order valence-electron chi connectivity index (χ1n) is 9.24. The van der Waals surface area contributed by atoms with Crippen molar-refractivity contribution in [2.24, 2.45) is 0 Å². The number of nitrogens with zero attached hydrogens (tertiary/aromatic N) is 2. The van der Waals surface area contributed by atoms with Crippen molar-refractivity contribution >= 4 is 0 Å². The number of likely N-dealkylation sites (N-methyl/N-ethyl adjacent to an activating group) is 2. The van der Waals surface area contributed by atoms with Crippen molar-refractivity contribution in [2.75, 3.05) is 33.7 Å². The summed E-state index contributed by atoms with van der Waals surface area (Å²) in [4.78, 5) is 5.01. The Labute approximate surface area is 147 Å². The third-order valence-corrected chi connectivity index (χ3v) is 5.33. The highest BCUT2D eigenvalue weighted by molar-refractivity contribution is 5.32. The molecule has 1 aliphatic carbocycles. The maximum absolute atomic E-state index is 2.55. The molecular formula is C22H30N2. The number of hydrogen-bond acceptors (Lipinski definition) is 2. The molecule has 2 nitrogen and oxygen atoms in total. The number of rotatable bonds is 7. The molecule has 0 heterocycles. The summed E-state index contributed by atoms with van der Waals surface area (Å²) in [6, 6.07) is 20.4. The predicted molar refractivity (Wildman–Crippen MR) is 102 cm³/mol. The van der Waals surface area contributed by atoms with Crippen molar-refractivity contribution in [3.05, 3.63) is 71.3 Å². The summed E-state index contributed by atoms with van der Waals surface area (Å²) in [5.41, 5.74) is 4.54. The molecule has 0 aromatic heterocycles. The molecule has 0 N–H and O–H groups in total. The van der Waals surface area contributed by atoms with E-state index in [0.717, 1.165) is 26.1 Å². The van der Waals surface area contributed by atoms with Gasteiger partial charge in [-0.15, -0.1) is 0 Å². The third-order valence-electron chi connectivity index (χ3n) is 5.33. The molecule has 0 amide bonds. The van der Waals surface area contributed by atoms with Gasteiger partial charge < -0.3 is 4.90 Å². The average Bonchev–Trinajstić information content (AvgIpc) is 2.64. The molecule has 0 saturated heterocycles. The molecule has 0 bridgehead atoms. The topological polar surface area (TPSA) is 6.48 Å². The highest BCUT2D eigenvalue weighted by atomic mass is 15.2. The van der Waals surface area contributed by atoms with Gasteiger partial charge in [-0.25, -0.2) is 0 Å². The summed E-state index contributed by atoms with van der Waals surface area (Å²) < 4.78 is 0. The van der Waals surface area contributed by atoms with Crippen LogP contribution in [0, 0.1) is 0 Å². The van der Waals surface area contributed by atoms with Gasteiger partial charge in [-0.2, -0.15) is 0 Å². The summed E-state index contributed by atoms with van der Waals surface area (Å²) >= 11 is 0. The van der Waals surface area contributed by atoms with Gasteiger partial charge in [0.25, 0.3) is 0 Å². The standard InChI is InChI=1S/C22H30N2/c1-23(16-15-19-9-4-3-5-10-19)17-18-24(2)22-14-8-12-20-11-6-7-13-21(20)22/h3-7,9-11,13,22H,8,12,14-18H2,1-2H3/t22-/m0/s1. The highest BCUT2D eigenvalue weighted by Gasteiger charge is 2.23. The molecule has 0 fully saturated rings. The van der Waals surface area contributed by atoms with E-state index in [4.69, 9.17) is 0 Å². The lowest BCUT2D eigenvalue weighted by molar-refractivity contribution is 0.191. The lowest BCUT2D eigenvalue weighted by Gasteiger charge is -2.34. The lowest BCUT2D eigenvalue weighted by atomic mass is 9.87. The Morgan fingerprint density at radius 1 is 0.875 bits per heavy atom. The van der Waals surface area contributed by atoms with Gasteiger partial charge in [-0.05, 0) is 56.5 Å². The molecule has 1 atom stereocenters.